The lowest BCUT2D eigenvalue weighted by atomic mass is 10.0. The van der Waals surface area contributed by atoms with Crippen LogP contribution in [0.15, 0.2) is 22.4 Å². The summed E-state index contributed by atoms with van der Waals surface area (Å²) in [7, 11) is 0. The van der Waals surface area contributed by atoms with Gasteiger partial charge >= 0.3 is 0 Å². The molecule has 0 bridgehead atoms. The van der Waals surface area contributed by atoms with Gasteiger partial charge in [0.25, 0.3) is 0 Å². The topological polar surface area (TPSA) is 26.0 Å². The lowest BCUT2D eigenvalue weighted by Gasteiger charge is -2.05. The van der Waals surface area contributed by atoms with Gasteiger partial charge in [0.05, 0.1) is 0 Å². The summed E-state index contributed by atoms with van der Waals surface area (Å²) in [6.45, 7) is 10.3. The van der Waals surface area contributed by atoms with Crippen molar-refractivity contribution in [3.8, 4) is 0 Å². The Balaban J connectivity index is 4.71. The summed E-state index contributed by atoms with van der Waals surface area (Å²) in [5.74, 6) is 0. The van der Waals surface area contributed by atoms with Crippen LogP contribution in [-0.2, 0) is 0 Å². The van der Waals surface area contributed by atoms with Gasteiger partial charge in [0.2, 0.25) is 0 Å². The van der Waals surface area contributed by atoms with Crippen molar-refractivity contribution < 1.29 is 0 Å². The lowest BCUT2D eigenvalue weighted by Crippen LogP contribution is -1.97. The van der Waals surface area contributed by atoms with Crippen molar-refractivity contribution in [3.63, 3.8) is 0 Å². The van der Waals surface area contributed by atoms with Crippen molar-refractivity contribution in [2.75, 3.05) is 0 Å². The van der Waals surface area contributed by atoms with Crippen LogP contribution in [0.3, 0.4) is 0 Å². The van der Waals surface area contributed by atoms with Crippen LogP contribution < -0.4 is 5.73 Å². The molecule has 0 aliphatic heterocycles. The second kappa shape index (κ2) is 3.45. The molecule has 0 aliphatic rings. The zero-order valence-electron chi connectivity index (χ0n) is 7.58. The van der Waals surface area contributed by atoms with E-state index >= 15 is 0 Å². The van der Waals surface area contributed by atoms with Crippen LogP contribution >= 0.6 is 0 Å². The molecule has 0 rings (SSSR count). The van der Waals surface area contributed by atoms with Gasteiger partial charge in [0.15, 0.2) is 0 Å². The zero-order chi connectivity index (χ0) is 8.31. The molecule has 0 aromatic rings. The molecule has 0 aromatic carbocycles. The van der Waals surface area contributed by atoms with Crippen molar-refractivity contribution in [1.82, 2.24) is 0 Å². The normalized spacial score (nSPS) is 12.5. The zero-order valence-corrected chi connectivity index (χ0v) is 7.58. The molecule has 10 heavy (non-hydrogen) atoms. The Morgan fingerprint density at radius 3 is 1.30 bits per heavy atom. The van der Waals surface area contributed by atoms with Crippen LogP contribution in [0.2, 0.25) is 0 Å². The molecular weight excluding hydrogens is 122 g/mol. The summed E-state index contributed by atoms with van der Waals surface area (Å²) in [6.07, 6.45) is 0. The van der Waals surface area contributed by atoms with Crippen molar-refractivity contribution >= 4 is 0 Å². The molecule has 0 saturated carbocycles. The number of hydrogen-bond acceptors (Lipinski definition) is 1. The maximum atomic E-state index is 5.62. The highest BCUT2D eigenvalue weighted by Gasteiger charge is 1.96. The quantitative estimate of drug-likeness (QED) is 0.555. The monoisotopic (exact) mass is 139 g/mol. The molecule has 0 atom stereocenters. The van der Waals surface area contributed by atoms with Gasteiger partial charge in [-0.25, -0.2) is 0 Å². The van der Waals surface area contributed by atoms with E-state index in [1.807, 2.05) is 6.92 Å². The summed E-state index contributed by atoms with van der Waals surface area (Å²) in [6, 6.07) is 0. The van der Waals surface area contributed by atoms with Crippen LogP contribution in [0.25, 0.3) is 0 Å². The summed E-state index contributed by atoms with van der Waals surface area (Å²) in [5.41, 5.74) is 10.4. The lowest BCUT2D eigenvalue weighted by molar-refractivity contribution is 1.15. The maximum absolute atomic E-state index is 5.62. The SMILES string of the molecule is CC(C)=C(C)/C(C)=C(/C)N. The van der Waals surface area contributed by atoms with E-state index in [4.69, 9.17) is 5.73 Å². The fraction of sp³-hybridized carbons (Fsp3) is 0.556. The van der Waals surface area contributed by atoms with Crippen LogP contribution in [0, 0.1) is 0 Å². The Bertz CT molecular complexity index is 155. The van der Waals surface area contributed by atoms with Gasteiger partial charge in [-0.3, -0.25) is 0 Å². The Morgan fingerprint density at radius 2 is 1.20 bits per heavy atom. The van der Waals surface area contributed by atoms with Crippen LogP contribution in [-0.4, -0.2) is 0 Å². The number of allylic oxidation sites excluding steroid dienone is 4. The minimum absolute atomic E-state index is 0.915. The van der Waals surface area contributed by atoms with Gasteiger partial charge in [-0.2, -0.15) is 0 Å². The first kappa shape index (κ1) is 9.28. The maximum Gasteiger partial charge on any atom is 0.00812 e. The molecule has 0 saturated heterocycles. The molecule has 0 spiro atoms. The molecule has 0 aromatic heterocycles. The Labute approximate surface area is 63.6 Å². The Morgan fingerprint density at radius 1 is 0.800 bits per heavy atom. The van der Waals surface area contributed by atoms with Crippen LogP contribution in [0.4, 0.5) is 0 Å². The van der Waals surface area contributed by atoms with E-state index in [1.165, 1.54) is 16.7 Å². The molecule has 0 amide bonds. The number of nitrogens with two attached hydrogens (primary N) is 1. The van der Waals surface area contributed by atoms with Gasteiger partial charge < -0.3 is 5.73 Å². The highest BCUT2D eigenvalue weighted by Crippen LogP contribution is 2.14. The first-order chi connectivity index (χ1) is 4.46. The largest absolute Gasteiger partial charge is 0.402 e. The third-order valence-corrected chi connectivity index (χ3v) is 1.90. The number of hydrogen-bond donors (Lipinski definition) is 1. The molecule has 1 heteroatoms. The Hall–Kier alpha value is -0.720. The Kier molecular flexibility index (Phi) is 3.20. The minimum Gasteiger partial charge on any atom is -0.402 e. The molecule has 0 radical (unpaired) electrons. The molecule has 0 aliphatic carbocycles. The predicted molar refractivity (Wildman–Crippen MR) is 46.6 cm³/mol. The summed E-state index contributed by atoms with van der Waals surface area (Å²) < 4.78 is 0. The smallest absolute Gasteiger partial charge is 0.00812 e. The van der Waals surface area contributed by atoms with Gasteiger partial charge in [0, 0.05) is 5.70 Å². The average molecular weight is 139 g/mol. The molecule has 2 N–H and O–H groups in total. The first-order valence-electron chi connectivity index (χ1n) is 3.54. The van der Waals surface area contributed by atoms with Crippen molar-refractivity contribution in [3.05, 3.63) is 22.4 Å². The fourth-order valence-corrected chi connectivity index (χ4v) is 0.671. The van der Waals surface area contributed by atoms with Gasteiger partial charge in [-0.05, 0) is 45.8 Å². The highest BCUT2D eigenvalue weighted by atomic mass is 14.6. The summed E-state index contributed by atoms with van der Waals surface area (Å²) in [4.78, 5) is 0. The van der Waals surface area contributed by atoms with E-state index in [-0.39, 0.29) is 0 Å². The summed E-state index contributed by atoms with van der Waals surface area (Å²) in [5, 5.41) is 0. The van der Waals surface area contributed by atoms with Crippen LogP contribution in [0.5, 0.6) is 0 Å². The van der Waals surface area contributed by atoms with E-state index < -0.39 is 0 Å². The van der Waals surface area contributed by atoms with E-state index in [0.29, 0.717) is 0 Å². The molecule has 1 nitrogen and oxygen atoms in total. The fourth-order valence-electron chi connectivity index (χ4n) is 0.671. The van der Waals surface area contributed by atoms with E-state index in [2.05, 4.69) is 27.7 Å². The first-order valence-corrected chi connectivity index (χ1v) is 3.54. The second-order valence-corrected chi connectivity index (χ2v) is 2.93. The molecule has 58 valence electrons. The van der Waals surface area contributed by atoms with Gasteiger partial charge in [-0.1, -0.05) is 5.57 Å². The predicted octanol–water partition coefficient (Wildman–Crippen LogP) is 2.60. The third-order valence-electron chi connectivity index (χ3n) is 1.90. The molecule has 0 unspecified atom stereocenters. The molecular formula is C9H17N. The van der Waals surface area contributed by atoms with Crippen molar-refractivity contribution in [2.45, 2.75) is 34.6 Å². The van der Waals surface area contributed by atoms with Crippen molar-refractivity contribution in [1.29, 1.82) is 0 Å². The standard InChI is InChI=1S/C9H17N/c1-6(2)7(3)8(4)9(5)10/h10H2,1-5H3/b9-8-. The second-order valence-electron chi connectivity index (χ2n) is 2.93. The van der Waals surface area contributed by atoms with Crippen LogP contribution in [0.1, 0.15) is 34.6 Å². The van der Waals surface area contributed by atoms with Gasteiger partial charge in [0.1, 0.15) is 0 Å². The van der Waals surface area contributed by atoms with E-state index in [1.54, 1.807) is 0 Å². The third kappa shape index (κ3) is 2.26. The van der Waals surface area contributed by atoms with Gasteiger partial charge in [-0.15, -0.1) is 0 Å². The molecule has 0 fully saturated rings. The van der Waals surface area contributed by atoms with E-state index in [9.17, 15) is 0 Å². The molecule has 0 heterocycles. The number of rotatable bonds is 1. The van der Waals surface area contributed by atoms with E-state index in [0.717, 1.165) is 5.70 Å². The highest BCUT2D eigenvalue weighted by molar-refractivity contribution is 5.32. The summed E-state index contributed by atoms with van der Waals surface area (Å²) >= 11 is 0. The average Bonchev–Trinajstić information content (AvgIpc) is 1.84. The van der Waals surface area contributed by atoms with Crippen molar-refractivity contribution in [2.24, 2.45) is 5.73 Å². The minimum atomic E-state index is 0.915.